The molecule has 122 valence electrons. The second-order valence-electron chi connectivity index (χ2n) is 4.16. The predicted molar refractivity (Wildman–Crippen MR) is 75.2 cm³/mol. The number of carboxylic acid groups (broad SMARTS) is 1. The number of hydrogen-bond acceptors (Lipinski definition) is 4. The van der Waals surface area contributed by atoms with E-state index in [0.717, 1.165) is 0 Å². The van der Waals surface area contributed by atoms with Crippen molar-refractivity contribution in [1.29, 1.82) is 0 Å². The van der Waals surface area contributed by atoms with E-state index in [-0.39, 0.29) is 5.88 Å². The van der Waals surface area contributed by atoms with E-state index >= 15 is 0 Å². The molecule has 3 N–H and O–H groups in total. The molecule has 0 radical (unpaired) electrons. The zero-order valence-electron chi connectivity index (χ0n) is 10.9. The van der Waals surface area contributed by atoms with Gasteiger partial charge in [-0.2, -0.15) is 13.2 Å². The molecular formula is C12H11ClF3NO4S. The van der Waals surface area contributed by atoms with Crippen molar-refractivity contribution in [2.75, 3.05) is 16.9 Å². The molecule has 1 aromatic rings. The summed E-state index contributed by atoms with van der Waals surface area (Å²) in [5.74, 6) is -4.15. The van der Waals surface area contributed by atoms with Crippen LogP contribution in [0.3, 0.4) is 0 Å². The number of nitrogens with one attached hydrogen (secondary N) is 1. The molecule has 0 aliphatic rings. The minimum Gasteiger partial charge on any atom is -0.479 e. The lowest BCUT2D eigenvalue weighted by atomic mass is 10.1. The molecule has 0 fully saturated rings. The molecule has 0 saturated heterocycles. The van der Waals surface area contributed by atoms with Crippen LogP contribution in [0.1, 0.15) is 0 Å². The lowest BCUT2D eigenvalue weighted by molar-refractivity contribution is -0.251. The molecule has 10 heteroatoms. The van der Waals surface area contributed by atoms with Crippen molar-refractivity contribution in [3.05, 3.63) is 24.3 Å². The molecule has 0 unspecified atom stereocenters. The van der Waals surface area contributed by atoms with Gasteiger partial charge in [-0.05, 0) is 24.3 Å². The summed E-state index contributed by atoms with van der Waals surface area (Å²) >= 11 is 5.83. The van der Waals surface area contributed by atoms with Gasteiger partial charge >= 0.3 is 12.1 Å². The van der Waals surface area contributed by atoms with Gasteiger partial charge in [0.15, 0.2) is 0 Å². The first-order valence-electron chi connectivity index (χ1n) is 5.71. The highest BCUT2D eigenvalue weighted by Gasteiger charge is 2.60. The number of rotatable bonds is 6. The highest BCUT2D eigenvalue weighted by molar-refractivity contribution is 7.99. The Kier molecular flexibility index (Phi) is 6.09. The molecule has 0 aromatic heterocycles. The fraction of sp³-hybridized carbons (Fsp3) is 0.333. The Morgan fingerprint density at radius 2 is 1.77 bits per heavy atom. The molecule has 1 amide bonds. The first-order valence-corrected chi connectivity index (χ1v) is 7.23. The summed E-state index contributed by atoms with van der Waals surface area (Å²) in [6.45, 7) is 0. The Hall–Kier alpha value is -1.45. The number of amides is 1. The van der Waals surface area contributed by atoms with E-state index in [9.17, 15) is 27.9 Å². The van der Waals surface area contributed by atoms with E-state index in [1.54, 1.807) is 0 Å². The molecule has 0 bridgehead atoms. The third-order valence-corrected chi connectivity index (χ3v) is 3.94. The van der Waals surface area contributed by atoms with Crippen LogP contribution < -0.4 is 5.32 Å². The third kappa shape index (κ3) is 4.52. The average Bonchev–Trinajstić information content (AvgIpc) is 2.44. The maximum atomic E-state index is 12.6. The molecule has 0 heterocycles. The first kappa shape index (κ1) is 18.6. The van der Waals surface area contributed by atoms with Crippen LogP contribution in [0.4, 0.5) is 18.9 Å². The van der Waals surface area contributed by atoms with Crippen LogP contribution in [0.5, 0.6) is 0 Å². The van der Waals surface area contributed by atoms with Gasteiger partial charge in [0.25, 0.3) is 5.60 Å². The van der Waals surface area contributed by atoms with Crippen molar-refractivity contribution in [3.63, 3.8) is 0 Å². The van der Waals surface area contributed by atoms with Gasteiger partial charge in [-0.1, -0.05) is 0 Å². The van der Waals surface area contributed by atoms with Gasteiger partial charge in [0.2, 0.25) is 5.91 Å². The number of alkyl halides is 4. The van der Waals surface area contributed by atoms with E-state index in [1.807, 2.05) is 0 Å². The average molecular weight is 358 g/mol. The monoisotopic (exact) mass is 357 g/mol. The van der Waals surface area contributed by atoms with Gasteiger partial charge in [0.05, 0.1) is 0 Å². The zero-order valence-corrected chi connectivity index (χ0v) is 12.4. The largest absolute Gasteiger partial charge is 0.479 e. The van der Waals surface area contributed by atoms with Crippen LogP contribution in [0.15, 0.2) is 29.2 Å². The van der Waals surface area contributed by atoms with Crippen LogP contribution in [0.25, 0.3) is 0 Å². The van der Waals surface area contributed by atoms with Gasteiger partial charge in [-0.3, -0.25) is 4.79 Å². The highest BCUT2D eigenvalue weighted by atomic mass is 35.5. The van der Waals surface area contributed by atoms with E-state index < -0.39 is 29.4 Å². The lowest BCUT2D eigenvalue weighted by Gasteiger charge is -2.25. The minimum atomic E-state index is -5.29. The summed E-state index contributed by atoms with van der Waals surface area (Å²) in [4.78, 5) is 22.0. The van der Waals surface area contributed by atoms with Crippen molar-refractivity contribution in [1.82, 2.24) is 0 Å². The van der Waals surface area contributed by atoms with Gasteiger partial charge in [0.1, 0.15) is 5.88 Å². The summed E-state index contributed by atoms with van der Waals surface area (Å²) in [6, 6.07) is 5.60. The summed E-state index contributed by atoms with van der Waals surface area (Å²) < 4.78 is 37.8. The Morgan fingerprint density at radius 3 is 2.18 bits per heavy atom. The molecule has 0 spiro atoms. The Morgan fingerprint density at radius 1 is 1.23 bits per heavy atom. The molecule has 1 aromatic carbocycles. The molecule has 5 nitrogen and oxygen atoms in total. The quantitative estimate of drug-likeness (QED) is 0.537. The first-order chi connectivity index (χ1) is 10.1. The van der Waals surface area contributed by atoms with Crippen LogP contribution >= 0.6 is 23.4 Å². The Bertz CT molecular complexity index is 552. The molecular weight excluding hydrogens is 347 g/mol. The number of hydrogen-bond donors (Lipinski definition) is 3. The van der Waals surface area contributed by atoms with Gasteiger partial charge in [-0.25, -0.2) is 4.79 Å². The summed E-state index contributed by atoms with van der Waals surface area (Å²) in [5, 5.41) is 20.3. The van der Waals surface area contributed by atoms with Crippen molar-refractivity contribution in [3.8, 4) is 0 Å². The van der Waals surface area contributed by atoms with E-state index in [1.165, 1.54) is 24.3 Å². The maximum absolute atomic E-state index is 12.6. The molecule has 1 atom stereocenters. The van der Waals surface area contributed by atoms with Crippen LogP contribution in [-0.4, -0.2) is 45.5 Å². The third-order valence-electron chi connectivity index (χ3n) is 2.53. The standard InChI is InChI=1S/C12H11ClF3NO4S/c13-5-9(18)17-7-1-3-8(4-2-7)22-6-11(21,10(19)20)12(14,15)16/h1-4,21H,5-6H2,(H,17,18)(H,19,20)/t11-/m0/s1. The van der Waals surface area contributed by atoms with Crippen molar-refractivity contribution < 1.29 is 33.0 Å². The number of carboxylic acids is 1. The Labute approximate surface area is 132 Å². The fourth-order valence-electron chi connectivity index (χ4n) is 1.28. The number of aliphatic carboxylic acids is 1. The number of halogens is 4. The van der Waals surface area contributed by atoms with Gasteiger partial charge in [-0.15, -0.1) is 23.4 Å². The maximum Gasteiger partial charge on any atom is 0.429 e. The van der Waals surface area contributed by atoms with Gasteiger partial charge in [0, 0.05) is 16.3 Å². The summed E-state index contributed by atoms with van der Waals surface area (Å²) in [7, 11) is 0. The molecule has 22 heavy (non-hydrogen) atoms. The number of thioether (sulfide) groups is 1. The predicted octanol–water partition coefficient (Wildman–Crippen LogP) is 2.33. The minimum absolute atomic E-state index is 0.242. The van der Waals surface area contributed by atoms with Crippen molar-refractivity contribution in [2.24, 2.45) is 0 Å². The number of carbonyl (C=O) groups is 2. The number of aliphatic hydroxyl groups is 1. The molecule has 0 aliphatic carbocycles. The van der Waals surface area contributed by atoms with E-state index in [2.05, 4.69) is 5.32 Å². The van der Waals surface area contributed by atoms with E-state index in [4.69, 9.17) is 16.7 Å². The van der Waals surface area contributed by atoms with Crippen molar-refractivity contribution in [2.45, 2.75) is 16.7 Å². The number of benzene rings is 1. The smallest absolute Gasteiger partial charge is 0.429 e. The zero-order chi connectivity index (χ0) is 17.0. The van der Waals surface area contributed by atoms with E-state index in [0.29, 0.717) is 22.3 Å². The second kappa shape index (κ2) is 7.21. The Balaban J connectivity index is 2.75. The second-order valence-corrected chi connectivity index (χ2v) is 5.47. The summed E-state index contributed by atoms with van der Waals surface area (Å²) in [5.41, 5.74) is -3.44. The fourth-order valence-corrected chi connectivity index (χ4v) is 2.34. The summed E-state index contributed by atoms with van der Waals surface area (Å²) in [6.07, 6.45) is -5.29. The molecule has 0 saturated carbocycles. The normalized spacial score (nSPS) is 14.2. The SMILES string of the molecule is O=C(CCl)Nc1ccc(SC[C@](O)(C(=O)O)C(F)(F)F)cc1. The molecule has 0 aliphatic heterocycles. The number of anilines is 1. The lowest BCUT2D eigenvalue weighted by Crippen LogP contribution is -2.54. The topological polar surface area (TPSA) is 86.6 Å². The van der Waals surface area contributed by atoms with Crippen LogP contribution in [0, 0.1) is 0 Å². The number of carbonyl (C=O) groups excluding carboxylic acids is 1. The van der Waals surface area contributed by atoms with Crippen LogP contribution in [0.2, 0.25) is 0 Å². The highest BCUT2D eigenvalue weighted by Crippen LogP contribution is 2.35. The van der Waals surface area contributed by atoms with Crippen LogP contribution in [-0.2, 0) is 9.59 Å². The van der Waals surface area contributed by atoms with Crippen molar-refractivity contribution >= 4 is 40.9 Å². The molecule has 1 rings (SSSR count). The van der Waals surface area contributed by atoms with Gasteiger partial charge < -0.3 is 15.5 Å².